The van der Waals surface area contributed by atoms with E-state index in [1.54, 1.807) is 4.57 Å². The Hall–Kier alpha value is -2.24. The van der Waals surface area contributed by atoms with Gasteiger partial charge < -0.3 is 4.74 Å². The predicted octanol–water partition coefficient (Wildman–Crippen LogP) is 3.34. The van der Waals surface area contributed by atoms with Crippen LogP contribution < -0.4 is 5.56 Å². The van der Waals surface area contributed by atoms with Gasteiger partial charge >= 0.3 is 0 Å². The van der Waals surface area contributed by atoms with Gasteiger partial charge in [0.05, 0.1) is 29.8 Å². The van der Waals surface area contributed by atoms with Gasteiger partial charge in [-0.2, -0.15) is 0 Å². The van der Waals surface area contributed by atoms with Crippen LogP contribution in [-0.4, -0.2) is 20.1 Å². The summed E-state index contributed by atoms with van der Waals surface area (Å²) < 4.78 is 7.40. The maximum atomic E-state index is 12.9. The Morgan fingerprint density at radius 2 is 2.12 bits per heavy atom. The number of rotatable bonds is 2. The summed E-state index contributed by atoms with van der Waals surface area (Å²) in [7, 11) is 0. The van der Waals surface area contributed by atoms with Crippen molar-refractivity contribution < 1.29 is 4.74 Å². The van der Waals surface area contributed by atoms with Crippen molar-refractivity contribution in [2.75, 3.05) is 0 Å². The average molecular weight is 356 g/mol. The number of aromatic nitrogens is 3. The van der Waals surface area contributed by atoms with Gasteiger partial charge in [0.2, 0.25) is 0 Å². The van der Waals surface area contributed by atoms with Gasteiger partial charge in [-0.15, -0.1) is 0 Å². The summed E-state index contributed by atoms with van der Waals surface area (Å²) in [5.74, 6) is 0. The Kier molecular flexibility index (Phi) is 3.85. The third-order valence-corrected chi connectivity index (χ3v) is 4.86. The lowest BCUT2D eigenvalue weighted by Gasteiger charge is -2.31. The molecule has 0 spiro atoms. The summed E-state index contributed by atoms with van der Waals surface area (Å²) in [4.78, 5) is 21.9. The molecule has 0 fully saturated rings. The Morgan fingerprint density at radius 1 is 1.32 bits per heavy atom. The largest absolute Gasteiger partial charge is 0.370 e. The minimum Gasteiger partial charge on any atom is -0.370 e. The number of nitrogens with zero attached hydrogens (tertiary/aromatic N) is 3. The summed E-state index contributed by atoms with van der Waals surface area (Å²) in [6.07, 6.45) is 2.25. The van der Waals surface area contributed by atoms with E-state index in [0.717, 1.165) is 16.8 Å². The van der Waals surface area contributed by atoms with Crippen LogP contribution in [0, 0.1) is 0 Å². The highest BCUT2D eigenvalue weighted by molar-refractivity contribution is 6.31. The molecule has 0 saturated heterocycles. The molecule has 3 heterocycles. The molecular formula is C19H18ClN3O2. The molecule has 0 atom stereocenters. The van der Waals surface area contributed by atoms with Crippen LogP contribution >= 0.6 is 11.6 Å². The minimum absolute atomic E-state index is 0.120. The molecule has 0 N–H and O–H groups in total. The van der Waals surface area contributed by atoms with E-state index >= 15 is 0 Å². The normalized spacial score (nSPS) is 16.0. The lowest BCUT2D eigenvalue weighted by Crippen LogP contribution is -2.33. The van der Waals surface area contributed by atoms with E-state index in [9.17, 15) is 4.79 Å². The highest BCUT2D eigenvalue weighted by Gasteiger charge is 2.27. The van der Waals surface area contributed by atoms with Gasteiger partial charge in [-0.3, -0.25) is 9.36 Å². The van der Waals surface area contributed by atoms with Crippen LogP contribution in [-0.2, 0) is 24.3 Å². The van der Waals surface area contributed by atoms with Crippen molar-refractivity contribution >= 4 is 22.6 Å². The topological polar surface area (TPSA) is 57.0 Å². The van der Waals surface area contributed by atoms with Crippen molar-refractivity contribution in [1.82, 2.24) is 14.5 Å². The molecule has 0 unspecified atom stereocenters. The molecule has 4 rings (SSSR count). The first kappa shape index (κ1) is 16.2. The van der Waals surface area contributed by atoms with E-state index < -0.39 is 0 Å². The van der Waals surface area contributed by atoms with Gasteiger partial charge in [-0.05, 0) is 31.5 Å². The average Bonchev–Trinajstić information content (AvgIpc) is 2.57. The third-order valence-electron chi connectivity index (χ3n) is 4.49. The highest BCUT2D eigenvalue weighted by atomic mass is 35.5. The number of ether oxygens (including phenoxy) is 1. The summed E-state index contributed by atoms with van der Waals surface area (Å²) in [6, 6.07) is 9.35. The molecule has 0 saturated carbocycles. The van der Waals surface area contributed by atoms with Crippen LogP contribution in [0.1, 0.15) is 30.7 Å². The fourth-order valence-corrected chi connectivity index (χ4v) is 3.29. The number of halogens is 1. The minimum atomic E-state index is -0.243. The van der Waals surface area contributed by atoms with Gasteiger partial charge in [0, 0.05) is 17.0 Å². The number of pyridine rings is 1. The summed E-state index contributed by atoms with van der Waals surface area (Å²) in [6.45, 7) is 4.92. The first-order chi connectivity index (χ1) is 11.9. The van der Waals surface area contributed by atoms with E-state index in [4.69, 9.17) is 16.3 Å². The lowest BCUT2D eigenvalue weighted by atomic mass is 9.95. The van der Waals surface area contributed by atoms with Gasteiger partial charge in [0.1, 0.15) is 6.33 Å². The smallest absolute Gasteiger partial charge is 0.263 e. The Morgan fingerprint density at radius 3 is 2.92 bits per heavy atom. The lowest BCUT2D eigenvalue weighted by molar-refractivity contribution is -0.0411. The molecule has 2 aromatic heterocycles. The Labute approximate surface area is 150 Å². The molecule has 1 aliphatic rings. The quantitative estimate of drug-likeness (QED) is 0.707. The van der Waals surface area contributed by atoms with Crippen molar-refractivity contribution in [3.05, 3.63) is 68.9 Å². The number of fused-ring (bicyclic) bond motifs is 2. The van der Waals surface area contributed by atoms with Crippen LogP contribution in [0.2, 0.25) is 5.02 Å². The van der Waals surface area contributed by atoms with Crippen LogP contribution in [0.3, 0.4) is 0 Å². The molecular weight excluding hydrogens is 338 g/mol. The molecule has 0 amide bonds. The monoisotopic (exact) mass is 355 g/mol. The highest BCUT2D eigenvalue weighted by Crippen LogP contribution is 2.27. The van der Waals surface area contributed by atoms with Crippen LogP contribution in [0.4, 0.5) is 0 Å². The molecule has 5 nitrogen and oxygen atoms in total. The number of hydrogen-bond acceptors (Lipinski definition) is 4. The third kappa shape index (κ3) is 3.05. The van der Waals surface area contributed by atoms with Crippen LogP contribution in [0.5, 0.6) is 0 Å². The standard InChI is InChI=1S/C19H18ClN3O2/c1-19(2)8-16-13(10-25-19)7-14-17(22-16)21-11-23(18(14)24)9-12-5-3-4-6-15(12)20/h3-7,11H,8-10H2,1-2H3. The van der Waals surface area contributed by atoms with Gasteiger partial charge in [0.15, 0.2) is 5.65 Å². The number of hydrogen-bond donors (Lipinski definition) is 0. The molecule has 6 heteroatoms. The van der Waals surface area contributed by atoms with Gasteiger partial charge in [-0.25, -0.2) is 9.97 Å². The SMILES string of the molecule is CC1(C)Cc2nc3ncn(Cc4ccccc4Cl)c(=O)c3cc2CO1. The molecule has 1 aromatic carbocycles. The number of benzene rings is 1. The Balaban J connectivity index is 1.78. The maximum Gasteiger partial charge on any atom is 0.263 e. The van der Waals surface area contributed by atoms with E-state index in [2.05, 4.69) is 9.97 Å². The molecule has 0 aliphatic carbocycles. The molecule has 0 radical (unpaired) electrons. The van der Waals surface area contributed by atoms with Crippen LogP contribution in [0.25, 0.3) is 11.0 Å². The summed E-state index contributed by atoms with van der Waals surface area (Å²) >= 11 is 6.20. The van der Waals surface area contributed by atoms with E-state index in [1.165, 1.54) is 6.33 Å². The van der Waals surface area contributed by atoms with Crippen molar-refractivity contribution in [2.45, 2.75) is 39.0 Å². The van der Waals surface area contributed by atoms with Crippen molar-refractivity contribution in [2.24, 2.45) is 0 Å². The van der Waals surface area contributed by atoms with Crippen molar-refractivity contribution in [3.8, 4) is 0 Å². The molecule has 128 valence electrons. The van der Waals surface area contributed by atoms with Gasteiger partial charge in [0.25, 0.3) is 5.56 Å². The summed E-state index contributed by atoms with van der Waals surface area (Å²) in [5, 5.41) is 1.14. The second-order valence-electron chi connectivity index (χ2n) is 6.96. The van der Waals surface area contributed by atoms with Crippen molar-refractivity contribution in [1.29, 1.82) is 0 Å². The van der Waals surface area contributed by atoms with Crippen LogP contribution in [0.15, 0.2) is 41.5 Å². The fourth-order valence-electron chi connectivity index (χ4n) is 3.10. The first-order valence-electron chi connectivity index (χ1n) is 8.18. The zero-order valence-electron chi connectivity index (χ0n) is 14.1. The fraction of sp³-hybridized carbons (Fsp3) is 0.316. The zero-order chi connectivity index (χ0) is 17.6. The second kappa shape index (κ2) is 5.93. The molecule has 0 bridgehead atoms. The van der Waals surface area contributed by atoms with E-state index in [0.29, 0.717) is 35.6 Å². The van der Waals surface area contributed by atoms with E-state index in [1.807, 2.05) is 44.2 Å². The molecule has 3 aromatic rings. The molecule has 1 aliphatic heterocycles. The van der Waals surface area contributed by atoms with Crippen molar-refractivity contribution in [3.63, 3.8) is 0 Å². The zero-order valence-corrected chi connectivity index (χ0v) is 14.9. The maximum absolute atomic E-state index is 12.9. The summed E-state index contributed by atoms with van der Waals surface area (Å²) in [5.41, 5.74) is 2.92. The molecule has 25 heavy (non-hydrogen) atoms. The van der Waals surface area contributed by atoms with E-state index in [-0.39, 0.29) is 11.2 Å². The Bertz CT molecular complexity index is 1030. The second-order valence-corrected chi connectivity index (χ2v) is 7.37. The predicted molar refractivity (Wildman–Crippen MR) is 96.9 cm³/mol. The van der Waals surface area contributed by atoms with Gasteiger partial charge in [-0.1, -0.05) is 29.8 Å². The first-order valence-corrected chi connectivity index (χ1v) is 8.56.